The monoisotopic (exact) mass is 845 g/mol. The Morgan fingerprint density at radius 3 is 1.44 bits per heavy atom. The Balaban J connectivity index is 4.23. The van der Waals surface area contributed by atoms with Crippen molar-refractivity contribution in [3.05, 3.63) is 97.2 Å². The fraction of sp³-hybridized carbons (Fsp3) is 0.633. The molecule has 0 heterocycles. The van der Waals surface area contributed by atoms with Gasteiger partial charge in [0, 0.05) is 12.8 Å². The van der Waals surface area contributed by atoms with Gasteiger partial charge in [-0.3, -0.25) is 18.6 Å². The maximum atomic E-state index is 12.6. The van der Waals surface area contributed by atoms with Crippen LogP contribution in [0.3, 0.4) is 0 Å². The number of nitrogens with zero attached hydrogens (tertiary/aromatic N) is 1. The number of phosphoric acid groups is 1. The SMILES string of the molecule is CC/C=C\C/C=C\C/C=C\C/C=C\C/C=C\C/C=C\C/C=C\C/C=C\CCCCCCC(=O)OC(COC(=O)CCCCCCCC)COP(=O)(O)OCC[N+](C)(C)C. The number of carbonyl (C=O) groups is 2. The van der Waals surface area contributed by atoms with Crippen LogP contribution < -0.4 is 0 Å². The molecule has 336 valence electrons. The molecule has 2 unspecified atom stereocenters. The molecular formula is C49H83NO8P+. The number of rotatable bonds is 39. The van der Waals surface area contributed by atoms with Crippen LogP contribution in [-0.2, 0) is 32.7 Å². The molecule has 0 bridgehead atoms. The van der Waals surface area contributed by atoms with Crippen LogP contribution in [0.2, 0.25) is 0 Å². The number of unbranched alkanes of at least 4 members (excludes halogenated alkanes) is 9. The van der Waals surface area contributed by atoms with Gasteiger partial charge in [-0.15, -0.1) is 0 Å². The molecule has 0 fully saturated rings. The highest BCUT2D eigenvalue weighted by atomic mass is 31.2. The largest absolute Gasteiger partial charge is 0.472 e. The van der Waals surface area contributed by atoms with Gasteiger partial charge in [0.15, 0.2) is 6.10 Å². The Bertz CT molecular complexity index is 1320. The predicted molar refractivity (Wildman–Crippen MR) is 247 cm³/mol. The molecule has 0 aliphatic carbocycles. The quantitative estimate of drug-likeness (QED) is 0.0214. The van der Waals surface area contributed by atoms with Crippen LogP contribution in [0.5, 0.6) is 0 Å². The van der Waals surface area contributed by atoms with E-state index in [0.717, 1.165) is 109 Å². The first-order valence-corrected chi connectivity index (χ1v) is 24.0. The van der Waals surface area contributed by atoms with Gasteiger partial charge >= 0.3 is 19.8 Å². The molecule has 0 aliphatic heterocycles. The van der Waals surface area contributed by atoms with Gasteiger partial charge < -0.3 is 18.9 Å². The Morgan fingerprint density at radius 2 is 0.966 bits per heavy atom. The third kappa shape index (κ3) is 44.3. The highest BCUT2D eigenvalue weighted by Gasteiger charge is 2.27. The van der Waals surface area contributed by atoms with Crippen LogP contribution in [-0.4, -0.2) is 74.9 Å². The van der Waals surface area contributed by atoms with E-state index in [0.29, 0.717) is 17.4 Å². The Hall–Kier alpha value is -3.07. The smallest absolute Gasteiger partial charge is 0.462 e. The van der Waals surface area contributed by atoms with Crippen LogP contribution in [0, 0.1) is 0 Å². The first-order chi connectivity index (χ1) is 28.5. The second-order valence-corrected chi connectivity index (χ2v) is 17.2. The molecule has 0 aromatic heterocycles. The van der Waals surface area contributed by atoms with Crippen molar-refractivity contribution in [3.8, 4) is 0 Å². The number of hydrogen-bond donors (Lipinski definition) is 1. The molecule has 0 saturated carbocycles. The molecule has 1 N–H and O–H groups in total. The summed E-state index contributed by atoms with van der Waals surface area (Å²) in [6.07, 6.45) is 53.5. The number of phosphoric ester groups is 1. The van der Waals surface area contributed by atoms with Gasteiger partial charge in [0.05, 0.1) is 27.7 Å². The predicted octanol–water partition coefficient (Wildman–Crippen LogP) is 13.0. The van der Waals surface area contributed by atoms with E-state index in [1.165, 1.54) is 6.42 Å². The first-order valence-electron chi connectivity index (χ1n) is 22.5. The number of likely N-dealkylation sites (N-methyl/N-ethyl adjacent to an activating group) is 1. The average Bonchev–Trinajstić information content (AvgIpc) is 3.19. The topological polar surface area (TPSA) is 108 Å². The summed E-state index contributed by atoms with van der Waals surface area (Å²) >= 11 is 0. The van der Waals surface area contributed by atoms with Crippen molar-refractivity contribution < 1.29 is 42.1 Å². The lowest BCUT2D eigenvalue weighted by molar-refractivity contribution is -0.870. The van der Waals surface area contributed by atoms with Gasteiger partial charge in [-0.1, -0.05) is 156 Å². The van der Waals surface area contributed by atoms with E-state index in [-0.39, 0.29) is 32.0 Å². The minimum atomic E-state index is -4.38. The molecule has 0 aromatic rings. The second kappa shape index (κ2) is 40.3. The van der Waals surface area contributed by atoms with Gasteiger partial charge in [-0.25, -0.2) is 4.57 Å². The standard InChI is InChI=1S/C49H82NO8P/c1-6-8-10-12-14-15-16-17-18-19-20-21-22-23-24-25-26-27-28-29-30-31-32-33-34-35-36-38-40-42-49(52)58-47(45-55-48(51)41-39-37-13-11-9-7-2)46-57-59(53,54)56-44-43-50(3,4)5/h8,10,14-15,17-18,20-21,23-24,26-27,29-30,32-33,47H,6-7,9,11-13,16,19,22,25,28,31,34-46H2,1-5H3/p+1/b10-8-,15-14-,18-17-,21-20-,24-23-,27-26-,30-29-,33-32-. The Labute approximate surface area is 360 Å². The van der Waals surface area contributed by atoms with E-state index in [1.807, 2.05) is 21.1 Å². The fourth-order valence-corrected chi connectivity index (χ4v) is 6.12. The van der Waals surface area contributed by atoms with Crippen molar-refractivity contribution in [2.24, 2.45) is 0 Å². The fourth-order valence-electron chi connectivity index (χ4n) is 5.38. The molecule has 0 amide bonds. The number of esters is 2. The summed E-state index contributed by atoms with van der Waals surface area (Å²) in [5.74, 6) is -0.848. The maximum Gasteiger partial charge on any atom is 0.472 e. The molecule has 59 heavy (non-hydrogen) atoms. The normalized spacial score (nSPS) is 14.5. The van der Waals surface area contributed by atoms with Gasteiger partial charge in [0.1, 0.15) is 19.8 Å². The molecule has 2 atom stereocenters. The van der Waals surface area contributed by atoms with Gasteiger partial charge in [-0.2, -0.15) is 0 Å². The third-order valence-electron chi connectivity index (χ3n) is 8.88. The van der Waals surface area contributed by atoms with Crippen molar-refractivity contribution in [3.63, 3.8) is 0 Å². The maximum absolute atomic E-state index is 12.6. The van der Waals surface area contributed by atoms with Crippen molar-refractivity contribution in [1.82, 2.24) is 0 Å². The van der Waals surface area contributed by atoms with Crippen LogP contribution >= 0.6 is 7.82 Å². The zero-order chi connectivity index (χ0) is 43.6. The third-order valence-corrected chi connectivity index (χ3v) is 9.86. The molecule has 0 saturated heterocycles. The first kappa shape index (κ1) is 55.9. The van der Waals surface area contributed by atoms with E-state index in [4.69, 9.17) is 18.5 Å². The molecule has 10 heteroatoms. The summed E-state index contributed by atoms with van der Waals surface area (Å²) < 4.78 is 34.1. The van der Waals surface area contributed by atoms with Crippen molar-refractivity contribution in [2.45, 2.75) is 155 Å². The molecule has 0 spiro atoms. The lowest BCUT2D eigenvalue weighted by Crippen LogP contribution is -2.37. The zero-order valence-electron chi connectivity index (χ0n) is 37.7. The minimum absolute atomic E-state index is 0.0214. The number of hydrogen-bond acceptors (Lipinski definition) is 7. The number of quaternary nitrogens is 1. The molecule has 0 aliphatic rings. The van der Waals surface area contributed by atoms with Gasteiger partial charge in [0.2, 0.25) is 0 Å². The van der Waals surface area contributed by atoms with E-state index in [2.05, 4.69) is 111 Å². The van der Waals surface area contributed by atoms with Crippen LogP contribution in [0.4, 0.5) is 0 Å². The molecule has 0 radical (unpaired) electrons. The summed E-state index contributed by atoms with van der Waals surface area (Å²) in [4.78, 5) is 35.1. The summed E-state index contributed by atoms with van der Waals surface area (Å²) in [7, 11) is 1.44. The van der Waals surface area contributed by atoms with Gasteiger partial charge in [-0.05, 0) is 77.0 Å². The second-order valence-electron chi connectivity index (χ2n) is 15.7. The minimum Gasteiger partial charge on any atom is -0.462 e. The summed E-state index contributed by atoms with van der Waals surface area (Å²) in [5, 5.41) is 0. The highest BCUT2D eigenvalue weighted by Crippen LogP contribution is 2.43. The Morgan fingerprint density at radius 1 is 0.542 bits per heavy atom. The van der Waals surface area contributed by atoms with Crippen molar-refractivity contribution >= 4 is 19.8 Å². The van der Waals surface area contributed by atoms with Gasteiger partial charge in [0.25, 0.3) is 0 Å². The summed E-state index contributed by atoms with van der Waals surface area (Å²) in [6, 6.07) is 0. The number of carbonyl (C=O) groups excluding carboxylic acids is 2. The summed E-state index contributed by atoms with van der Waals surface area (Å²) in [6.45, 7) is 4.17. The molecule has 0 aromatic carbocycles. The lowest BCUT2D eigenvalue weighted by atomic mass is 10.1. The summed E-state index contributed by atoms with van der Waals surface area (Å²) in [5.41, 5.74) is 0. The zero-order valence-corrected chi connectivity index (χ0v) is 38.6. The lowest BCUT2D eigenvalue weighted by Gasteiger charge is -2.24. The molecule has 9 nitrogen and oxygen atoms in total. The van der Waals surface area contributed by atoms with E-state index in [1.54, 1.807) is 0 Å². The molecular weight excluding hydrogens is 762 g/mol. The Kier molecular flexibility index (Phi) is 38.2. The van der Waals surface area contributed by atoms with Crippen molar-refractivity contribution in [1.29, 1.82) is 0 Å². The van der Waals surface area contributed by atoms with E-state index in [9.17, 15) is 19.0 Å². The average molecular weight is 845 g/mol. The van der Waals surface area contributed by atoms with Crippen LogP contribution in [0.1, 0.15) is 149 Å². The molecule has 0 rings (SSSR count). The van der Waals surface area contributed by atoms with Crippen molar-refractivity contribution in [2.75, 3.05) is 47.5 Å². The van der Waals surface area contributed by atoms with E-state index >= 15 is 0 Å². The number of ether oxygens (including phenoxy) is 2. The van der Waals surface area contributed by atoms with Crippen LogP contribution in [0.15, 0.2) is 97.2 Å². The highest BCUT2D eigenvalue weighted by molar-refractivity contribution is 7.47. The van der Waals surface area contributed by atoms with Crippen LogP contribution in [0.25, 0.3) is 0 Å². The number of allylic oxidation sites excluding steroid dienone is 16. The van der Waals surface area contributed by atoms with E-state index < -0.39 is 26.5 Å².